The number of carboxylic acid groups (broad SMARTS) is 1. The van der Waals surface area contributed by atoms with Crippen molar-refractivity contribution in [3.63, 3.8) is 0 Å². The summed E-state index contributed by atoms with van der Waals surface area (Å²) < 4.78 is 0. The number of rotatable bonds is 8. The summed E-state index contributed by atoms with van der Waals surface area (Å²) in [5.41, 5.74) is 0.742. The molecule has 0 saturated heterocycles. The number of carboxylic acids is 1. The second-order valence-corrected chi connectivity index (χ2v) is 7.50. The molecule has 1 rings (SSSR count). The maximum Gasteiger partial charge on any atom is 0.303 e. The Morgan fingerprint density at radius 3 is 2.36 bits per heavy atom. The molecule has 1 amide bonds. The smallest absolute Gasteiger partial charge is 0.303 e. The first-order valence-electron chi connectivity index (χ1n) is 7.69. The summed E-state index contributed by atoms with van der Waals surface area (Å²) in [5.74, 6) is -0.806. The van der Waals surface area contributed by atoms with E-state index in [2.05, 4.69) is 31.1 Å². The van der Waals surface area contributed by atoms with Crippen molar-refractivity contribution in [1.29, 1.82) is 0 Å². The normalized spacial score (nSPS) is 11.5. The van der Waals surface area contributed by atoms with E-state index >= 15 is 0 Å². The fourth-order valence-corrected chi connectivity index (χ4v) is 3.01. The van der Waals surface area contributed by atoms with Crippen LogP contribution in [0, 0.1) is 6.92 Å². The molecule has 0 spiro atoms. The largest absolute Gasteiger partial charge is 0.481 e. The lowest BCUT2D eigenvalue weighted by molar-refractivity contribution is -0.137. The summed E-state index contributed by atoms with van der Waals surface area (Å²) in [7, 11) is 0. The van der Waals surface area contributed by atoms with Crippen LogP contribution in [0.25, 0.3) is 0 Å². The van der Waals surface area contributed by atoms with Crippen LogP contribution in [-0.4, -0.2) is 28.5 Å². The highest BCUT2D eigenvalue weighted by atomic mass is 32.1. The molecule has 124 valence electrons. The van der Waals surface area contributed by atoms with E-state index in [1.165, 1.54) is 11.3 Å². The topological polar surface area (TPSA) is 79.3 Å². The van der Waals surface area contributed by atoms with Gasteiger partial charge in [-0.15, -0.1) is 11.3 Å². The first-order chi connectivity index (χ1) is 10.2. The van der Waals surface area contributed by atoms with Crippen LogP contribution >= 0.6 is 11.3 Å². The molecule has 1 aromatic rings. The molecule has 0 atom stereocenters. The molecule has 0 unspecified atom stereocenters. The summed E-state index contributed by atoms with van der Waals surface area (Å²) in [6.07, 6.45) is 3.61. The summed E-state index contributed by atoms with van der Waals surface area (Å²) in [5, 5.41) is 12.4. The molecule has 0 bridgehead atoms. The number of hydrogen-bond acceptors (Lipinski definition) is 4. The molecule has 0 aliphatic heterocycles. The van der Waals surface area contributed by atoms with E-state index in [-0.39, 0.29) is 17.7 Å². The minimum absolute atomic E-state index is 0.0436. The molecule has 22 heavy (non-hydrogen) atoms. The number of nitrogens with zero attached hydrogens (tertiary/aromatic N) is 1. The average molecular weight is 326 g/mol. The van der Waals surface area contributed by atoms with Crippen molar-refractivity contribution in [3.8, 4) is 0 Å². The molecule has 0 radical (unpaired) electrons. The summed E-state index contributed by atoms with van der Waals surface area (Å²) in [6, 6.07) is 0. The van der Waals surface area contributed by atoms with Gasteiger partial charge in [0.2, 0.25) is 0 Å². The number of unbranched alkanes of at least 4 members (excludes halogenated alkanes) is 3. The van der Waals surface area contributed by atoms with Crippen molar-refractivity contribution < 1.29 is 14.7 Å². The van der Waals surface area contributed by atoms with E-state index in [4.69, 9.17) is 5.11 Å². The van der Waals surface area contributed by atoms with E-state index in [0.717, 1.165) is 30.0 Å². The molecule has 5 nitrogen and oxygen atoms in total. The Bertz CT molecular complexity index is 518. The van der Waals surface area contributed by atoms with E-state index in [1.807, 2.05) is 6.92 Å². The van der Waals surface area contributed by atoms with Crippen LogP contribution in [0.1, 0.15) is 73.2 Å². The van der Waals surface area contributed by atoms with Crippen molar-refractivity contribution in [2.75, 3.05) is 6.54 Å². The van der Waals surface area contributed by atoms with Gasteiger partial charge in [0.05, 0.1) is 10.7 Å². The standard InChI is InChI=1S/C16H26N2O3S/c1-11-13(22-15(18-11)16(2,3)4)14(21)17-10-8-6-5-7-9-12(19)20/h5-10H2,1-4H3,(H,17,21)(H,19,20). The van der Waals surface area contributed by atoms with Gasteiger partial charge in [0, 0.05) is 18.4 Å². The average Bonchev–Trinajstić information content (AvgIpc) is 2.79. The Morgan fingerprint density at radius 1 is 1.18 bits per heavy atom. The first-order valence-corrected chi connectivity index (χ1v) is 8.51. The minimum atomic E-state index is -0.747. The van der Waals surface area contributed by atoms with Crippen molar-refractivity contribution >= 4 is 23.2 Å². The highest BCUT2D eigenvalue weighted by Crippen LogP contribution is 2.29. The third-order valence-electron chi connectivity index (χ3n) is 3.25. The molecule has 0 aliphatic rings. The van der Waals surface area contributed by atoms with Gasteiger partial charge in [0.1, 0.15) is 4.88 Å². The Labute approximate surface area is 136 Å². The number of thiazole rings is 1. The molecule has 2 N–H and O–H groups in total. The van der Waals surface area contributed by atoms with Gasteiger partial charge in [-0.2, -0.15) is 0 Å². The van der Waals surface area contributed by atoms with Gasteiger partial charge >= 0.3 is 5.97 Å². The molecular weight excluding hydrogens is 300 g/mol. The molecule has 0 fully saturated rings. The monoisotopic (exact) mass is 326 g/mol. The fraction of sp³-hybridized carbons (Fsp3) is 0.688. The Morgan fingerprint density at radius 2 is 1.82 bits per heavy atom. The summed E-state index contributed by atoms with van der Waals surface area (Å²) >= 11 is 1.46. The lowest BCUT2D eigenvalue weighted by atomic mass is 9.98. The number of hydrogen-bond donors (Lipinski definition) is 2. The first kappa shape index (κ1) is 18.6. The predicted octanol–water partition coefficient (Wildman–Crippen LogP) is 3.51. The quantitative estimate of drug-likeness (QED) is 0.716. The van der Waals surface area contributed by atoms with Gasteiger partial charge in [-0.25, -0.2) is 4.98 Å². The fourth-order valence-electron chi connectivity index (χ4n) is 1.96. The van der Waals surface area contributed by atoms with Gasteiger partial charge in [-0.05, 0) is 19.8 Å². The van der Waals surface area contributed by atoms with Crippen molar-refractivity contribution in [1.82, 2.24) is 10.3 Å². The van der Waals surface area contributed by atoms with E-state index in [1.54, 1.807) is 0 Å². The molecule has 0 saturated carbocycles. The van der Waals surface area contributed by atoms with Gasteiger partial charge in [0.15, 0.2) is 0 Å². The zero-order valence-electron chi connectivity index (χ0n) is 13.9. The highest BCUT2D eigenvalue weighted by Gasteiger charge is 2.22. The van der Waals surface area contributed by atoms with Gasteiger partial charge in [-0.3, -0.25) is 9.59 Å². The second kappa shape index (κ2) is 8.27. The molecular formula is C16H26N2O3S. The number of aromatic nitrogens is 1. The van der Waals surface area contributed by atoms with Crippen LogP contribution in [0.3, 0.4) is 0 Å². The number of aryl methyl sites for hydroxylation is 1. The Kier molecular flexibility index (Phi) is 7.00. The molecule has 1 aromatic heterocycles. The highest BCUT2D eigenvalue weighted by molar-refractivity contribution is 7.14. The number of aliphatic carboxylic acids is 1. The second-order valence-electron chi connectivity index (χ2n) is 6.50. The van der Waals surface area contributed by atoms with E-state index < -0.39 is 5.97 Å². The van der Waals surface area contributed by atoms with Crippen LogP contribution in [0.5, 0.6) is 0 Å². The SMILES string of the molecule is Cc1nc(C(C)(C)C)sc1C(=O)NCCCCCCC(=O)O. The molecule has 0 aliphatic carbocycles. The number of carbonyl (C=O) groups is 2. The molecule has 6 heteroatoms. The van der Waals surface area contributed by atoms with Crippen molar-refractivity contribution in [3.05, 3.63) is 15.6 Å². The maximum absolute atomic E-state index is 12.2. The van der Waals surface area contributed by atoms with Crippen LogP contribution in [0.15, 0.2) is 0 Å². The lowest BCUT2D eigenvalue weighted by Gasteiger charge is -2.13. The Balaban J connectivity index is 2.34. The Hall–Kier alpha value is -1.43. The van der Waals surface area contributed by atoms with Gasteiger partial charge < -0.3 is 10.4 Å². The van der Waals surface area contributed by atoms with E-state index in [0.29, 0.717) is 17.8 Å². The minimum Gasteiger partial charge on any atom is -0.481 e. The third kappa shape index (κ3) is 6.13. The maximum atomic E-state index is 12.2. The van der Waals surface area contributed by atoms with Crippen LogP contribution in [0.4, 0.5) is 0 Å². The van der Waals surface area contributed by atoms with Crippen molar-refractivity contribution in [2.24, 2.45) is 0 Å². The van der Waals surface area contributed by atoms with Crippen LogP contribution < -0.4 is 5.32 Å². The number of amides is 1. The van der Waals surface area contributed by atoms with Crippen molar-refractivity contribution in [2.45, 2.75) is 65.2 Å². The van der Waals surface area contributed by atoms with Crippen LogP contribution in [0.2, 0.25) is 0 Å². The predicted molar refractivity (Wildman–Crippen MR) is 88.6 cm³/mol. The zero-order valence-corrected chi connectivity index (χ0v) is 14.7. The van der Waals surface area contributed by atoms with Gasteiger partial charge in [0.25, 0.3) is 5.91 Å². The lowest BCUT2D eigenvalue weighted by Crippen LogP contribution is -2.24. The van der Waals surface area contributed by atoms with E-state index in [9.17, 15) is 9.59 Å². The molecule has 0 aromatic carbocycles. The van der Waals surface area contributed by atoms with Gasteiger partial charge in [-0.1, -0.05) is 33.6 Å². The van der Waals surface area contributed by atoms with Crippen LogP contribution in [-0.2, 0) is 10.2 Å². The number of carbonyl (C=O) groups excluding carboxylic acids is 1. The zero-order chi connectivity index (χ0) is 16.8. The summed E-state index contributed by atoms with van der Waals surface area (Å²) in [4.78, 5) is 27.7. The summed E-state index contributed by atoms with van der Waals surface area (Å²) in [6.45, 7) is 8.75. The molecule has 1 heterocycles. The third-order valence-corrected chi connectivity index (χ3v) is 4.83. The number of nitrogens with one attached hydrogen (secondary N) is 1.